The number of esters is 1. The fourth-order valence-electron chi connectivity index (χ4n) is 4.29. The van der Waals surface area contributed by atoms with E-state index in [4.69, 9.17) is 14.2 Å². The highest BCUT2D eigenvalue weighted by Crippen LogP contribution is 2.51. The first-order valence-electron chi connectivity index (χ1n) is 8.49. The second kappa shape index (κ2) is 6.29. The van der Waals surface area contributed by atoms with Crippen LogP contribution >= 0.6 is 0 Å². The van der Waals surface area contributed by atoms with Crippen LogP contribution in [0, 0.1) is 5.41 Å². The fourth-order valence-corrected chi connectivity index (χ4v) is 4.29. The lowest BCUT2D eigenvalue weighted by molar-refractivity contribution is -0.316. The number of carbonyl (C=O) groups excluding carboxylic acids is 1. The first kappa shape index (κ1) is 18.8. The van der Waals surface area contributed by atoms with Gasteiger partial charge in [0.2, 0.25) is 0 Å². The van der Waals surface area contributed by atoms with Crippen LogP contribution in [0.3, 0.4) is 0 Å². The van der Waals surface area contributed by atoms with Crippen molar-refractivity contribution in [2.24, 2.45) is 5.41 Å². The molecule has 8 nitrogen and oxygen atoms in total. The molecular formula is C17H26O8. The number of aliphatic hydroxyl groups excluding tert-OH is 4. The van der Waals surface area contributed by atoms with Gasteiger partial charge in [-0.1, -0.05) is 13.8 Å². The predicted octanol–water partition coefficient (Wildman–Crippen LogP) is -0.767. The lowest BCUT2D eigenvalue weighted by Crippen LogP contribution is -2.60. The molecular weight excluding hydrogens is 332 g/mol. The van der Waals surface area contributed by atoms with E-state index in [1.54, 1.807) is 0 Å². The maximum atomic E-state index is 11.7. The van der Waals surface area contributed by atoms with Crippen LogP contribution < -0.4 is 0 Å². The van der Waals surface area contributed by atoms with Crippen LogP contribution in [0.2, 0.25) is 0 Å². The minimum atomic E-state index is -1.48. The van der Waals surface area contributed by atoms with Crippen LogP contribution in [0.5, 0.6) is 0 Å². The standard InChI is InChI=1S/C17H26O8/c1-16(2)5-8(6-17(3)10(16)4-11(19)25-17)23-15-14(22)13(21)12(20)9(7-18)24-15/h4,8-9,12-15,18,20-22H,5-7H2,1-3H3. The third kappa shape index (κ3) is 3.22. The average molecular weight is 358 g/mol. The van der Waals surface area contributed by atoms with Gasteiger partial charge in [0, 0.05) is 12.5 Å². The van der Waals surface area contributed by atoms with E-state index in [-0.39, 0.29) is 11.4 Å². The quantitative estimate of drug-likeness (QED) is 0.485. The van der Waals surface area contributed by atoms with Crippen LogP contribution in [0.15, 0.2) is 11.6 Å². The Morgan fingerprint density at radius 1 is 1.16 bits per heavy atom. The number of carbonyl (C=O) groups is 1. The molecule has 1 aliphatic carbocycles. The second-order valence-electron chi connectivity index (χ2n) is 7.96. The van der Waals surface area contributed by atoms with E-state index in [0.29, 0.717) is 12.8 Å². The van der Waals surface area contributed by atoms with Gasteiger partial charge in [-0.15, -0.1) is 0 Å². The predicted molar refractivity (Wildman–Crippen MR) is 84.2 cm³/mol. The van der Waals surface area contributed by atoms with Gasteiger partial charge in [-0.25, -0.2) is 4.79 Å². The van der Waals surface area contributed by atoms with Crippen molar-refractivity contribution in [3.05, 3.63) is 11.6 Å². The number of rotatable bonds is 3. The molecule has 1 saturated heterocycles. The van der Waals surface area contributed by atoms with Crippen molar-refractivity contribution in [2.75, 3.05) is 6.61 Å². The molecule has 142 valence electrons. The topological polar surface area (TPSA) is 126 Å². The lowest BCUT2D eigenvalue weighted by atomic mass is 9.65. The third-order valence-electron chi connectivity index (χ3n) is 5.42. The summed E-state index contributed by atoms with van der Waals surface area (Å²) in [7, 11) is 0. The van der Waals surface area contributed by atoms with Gasteiger partial charge in [0.25, 0.3) is 0 Å². The van der Waals surface area contributed by atoms with Crippen molar-refractivity contribution < 1.29 is 39.4 Å². The molecule has 3 aliphatic rings. The van der Waals surface area contributed by atoms with Gasteiger partial charge in [-0.05, 0) is 24.3 Å². The highest BCUT2D eigenvalue weighted by Gasteiger charge is 2.53. The highest BCUT2D eigenvalue weighted by atomic mass is 16.7. The Balaban J connectivity index is 1.75. The van der Waals surface area contributed by atoms with Gasteiger partial charge >= 0.3 is 5.97 Å². The van der Waals surface area contributed by atoms with Gasteiger partial charge in [0.05, 0.1) is 12.7 Å². The van der Waals surface area contributed by atoms with Gasteiger partial charge in [0.15, 0.2) is 6.29 Å². The molecule has 8 heteroatoms. The largest absolute Gasteiger partial charge is 0.452 e. The van der Waals surface area contributed by atoms with Crippen molar-refractivity contribution in [2.45, 2.75) is 76.0 Å². The fraction of sp³-hybridized carbons (Fsp3) is 0.824. The molecule has 1 saturated carbocycles. The van der Waals surface area contributed by atoms with E-state index in [0.717, 1.165) is 5.57 Å². The summed E-state index contributed by atoms with van der Waals surface area (Å²) in [6.45, 7) is 5.29. The maximum absolute atomic E-state index is 11.7. The van der Waals surface area contributed by atoms with Gasteiger partial charge in [0.1, 0.15) is 30.0 Å². The second-order valence-corrected chi connectivity index (χ2v) is 7.96. The van der Waals surface area contributed by atoms with Crippen molar-refractivity contribution in [3.8, 4) is 0 Å². The van der Waals surface area contributed by atoms with E-state index < -0.39 is 49.0 Å². The molecule has 7 unspecified atom stereocenters. The molecule has 7 atom stereocenters. The van der Waals surface area contributed by atoms with Crippen LogP contribution in [0.1, 0.15) is 33.6 Å². The molecule has 0 amide bonds. The Morgan fingerprint density at radius 3 is 2.48 bits per heavy atom. The molecule has 0 radical (unpaired) electrons. The van der Waals surface area contributed by atoms with E-state index in [1.807, 2.05) is 20.8 Å². The molecule has 2 fully saturated rings. The van der Waals surface area contributed by atoms with Crippen molar-refractivity contribution in [3.63, 3.8) is 0 Å². The van der Waals surface area contributed by atoms with E-state index in [9.17, 15) is 25.2 Å². The summed E-state index contributed by atoms with van der Waals surface area (Å²) in [5, 5.41) is 39.1. The Bertz CT molecular complexity index is 571. The molecule has 0 spiro atoms. The zero-order valence-electron chi connectivity index (χ0n) is 14.6. The zero-order valence-corrected chi connectivity index (χ0v) is 14.6. The van der Waals surface area contributed by atoms with Gasteiger partial charge < -0.3 is 34.6 Å². The smallest absolute Gasteiger partial charge is 0.331 e. The molecule has 0 aromatic carbocycles. The van der Waals surface area contributed by atoms with Crippen LogP contribution in [-0.2, 0) is 19.0 Å². The molecule has 25 heavy (non-hydrogen) atoms. The van der Waals surface area contributed by atoms with Crippen molar-refractivity contribution in [1.29, 1.82) is 0 Å². The third-order valence-corrected chi connectivity index (χ3v) is 5.42. The molecule has 3 rings (SSSR count). The minimum absolute atomic E-state index is 0.349. The Hall–Kier alpha value is -1.03. The number of hydrogen-bond acceptors (Lipinski definition) is 8. The molecule has 0 bridgehead atoms. The van der Waals surface area contributed by atoms with Crippen LogP contribution in [0.25, 0.3) is 0 Å². The molecule has 4 N–H and O–H groups in total. The first-order chi connectivity index (χ1) is 11.6. The zero-order chi connectivity index (χ0) is 18.6. The SMILES string of the molecule is CC1(C)CC(OC2OC(CO)C(O)C(O)C2O)CC2(C)OC(=O)C=C12. The Kier molecular flexibility index (Phi) is 4.72. The summed E-state index contributed by atoms with van der Waals surface area (Å²) in [5.41, 5.74) is -0.214. The maximum Gasteiger partial charge on any atom is 0.331 e. The number of ether oxygens (including phenoxy) is 3. The average Bonchev–Trinajstić information content (AvgIpc) is 2.82. The minimum Gasteiger partial charge on any atom is -0.452 e. The highest BCUT2D eigenvalue weighted by molar-refractivity contribution is 5.87. The van der Waals surface area contributed by atoms with Crippen LogP contribution in [0.4, 0.5) is 0 Å². The Morgan fingerprint density at radius 2 is 1.84 bits per heavy atom. The normalized spacial score (nSPS) is 46.4. The Labute approximate surface area is 146 Å². The molecule has 0 aromatic heterocycles. The summed E-state index contributed by atoms with van der Waals surface area (Å²) in [4.78, 5) is 11.7. The summed E-state index contributed by atoms with van der Waals surface area (Å²) < 4.78 is 16.7. The molecule has 2 heterocycles. The van der Waals surface area contributed by atoms with E-state index >= 15 is 0 Å². The number of hydrogen-bond donors (Lipinski definition) is 4. The van der Waals surface area contributed by atoms with E-state index in [1.165, 1.54) is 6.08 Å². The summed E-state index contributed by atoms with van der Waals surface area (Å²) in [6.07, 6.45) is -4.47. The van der Waals surface area contributed by atoms with Crippen molar-refractivity contribution in [1.82, 2.24) is 0 Å². The van der Waals surface area contributed by atoms with Crippen molar-refractivity contribution >= 4 is 5.97 Å². The van der Waals surface area contributed by atoms with Crippen LogP contribution in [-0.4, -0.2) is 75.4 Å². The summed E-state index contributed by atoms with van der Waals surface area (Å²) >= 11 is 0. The monoisotopic (exact) mass is 358 g/mol. The molecule has 0 aromatic rings. The number of aliphatic hydroxyl groups is 4. The lowest BCUT2D eigenvalue weighted by Gasteiger charge is -2.47. The first-order valence-corrected chi connectivity index (χ1v) is 8.49. The summed E-state index contributed by atoms with van der Waals surface area (Å²) in [6, 6.07) is 0. The van der Waals surface area contributed by atoms with Gasteiger partial charge in [-0.3, -0.25) is 0 Å². The molecule has 2 aliphatic heterocycles. The summed E-state index contributed by atoms with van der Waals surface area (Å²) in [5.74, 6) is -0.376. The number of fused-ring (bicyclic) bond motifs is 1. The van der Waals surface area contributed by atoms with Gasteiger partial charge in [-0.2, -0.15) is 0 Å². The van der Waals surface area contributed by atoms with E-state index in [2.05, 4.69) is 0 Å².